The smallest absolute Gasteiger partial charge is 0.269 e. The van der Waals surface area contributed by atoms with Crippen molar-refractivity contribution in [3.05, 3.63) is 28.9 Å². The third-order valence-electron chi connectivity index (χ3n) is 3.98. The summed E-state index contributed by atoms with van der Waals surface area (Å²) in [5.74, 6) is 0.992. The van der Waals surface area contributed by atoms with E-state index in [1.54, 1.807) is 37.4 Å². The average molecular weight is 395 g/mol. The molecule has 9 heteroatoms. The van der Waals surface area contributed by atoms with Crippen LogP contribution in [0, 0.1) is 0 Å². The Kier molecular flexibility index (Phi) is 4.98. The summed E-state index contributed by atoms with van der Waals surface area (Å²) in [7, 11) is 3.38. The highest BCUT2D eigenvalue weighted by Crippen LogP contribution is 2.25. The van der Waals surface area contributed by atoms with E-state index in [0.29, 0.717) is 28.5 Å². The Labute approximate surface area is 148 Å². The number of piperidine rings is 1. The van der Waals surface area contributed by atoms with Gasteiger partial charge in [0, 0.05) is 26.2 Å². The van der Waals surface area contributed by atoms with Crippen molar-refractivity contribution in [1.29, 1.82) is 0 Å². The lowest BCUT2D eigenvalue weighted by atomic mass is 10.1. The van der Waals surface area contributed by atoms with Crippen molar-refractivity contribution in [2.24, 2.45) is 7.05 Å². The van der Waals surface area contributed by atoms with Crippen LogP contribution in [0.25, 0.3) is 0 Å². The zero-order valence-corrected chi connectivity index (χ0v) is 15.2. The molecule has 0 aromatic carbocycles. The Morgan fingerprint density at radius 1 is 1.46 bits per heavy atom. The fourth-order valence-corrected chi connectivity index (χ4v) is 3.10. The van der Waals surface area contributed by atoms with Gasteiger partial charge in [-0.15, -0.1) is 0 Å². The van der Waals surface area contributed by atoms with E-state index in [9.17, 15) is 4.79 Å². The third kappa shape index (κ3) is 3.50. The SMILES string of the molecule is COc1nc(N2CCCC(NC(=O)c3cncn3C)C2)ncc1Br. The summed E-state index contributed by atoms with van der Waals surface area (Å²) >= 11 is 3.35. The van der Waals surface area contributed by atoms with Crippen LogP contribution in [0.2, 0.25) is 0 Å². The number of methoxy groups -OCH3 is 1. The summed E-state index contributed by atoms with van der Waals surface area (Å²) < 4.78 is 7.65. The van der Waals surface area contributed by atoms with E-state index < -0.39 is 0 Å². The minimum atomic E-state index is -0.115. The standard InChI is InChI=1S/C15H19BrN6O2/c1-21-9-17-7-12(21)13(23)19-10-4-3-5-22(8-10)15-18-6-11(16)14(20-15)24-2/h6-7,9-10H,3-5,8H2,1-2H3,(H,19,23). The van der Waals surface area contributed by atoms with Crippen molar-refractivity contribution in [1.82, 2.24) is 24.8 Å². The Balaban J connectivity index is 1.68. The quantitative estimate of drug-likeness (QED) is 0.842. The molecule has 0 saturated carbocycles. The molecule has 0 aliphatic carbocycles. The number of imidazole rings is 1. The van der Waals surface area contributed by atoms with E-state index >= 15 is 0 Å². The lowest BCUT2D eigenvalue weighted by Gasteiger charge is -2.33. The van der Waals surface area contributed by atoms with Crippen LogP contribution in [-0.2, 0) is 7.05 Å². The van der Waals surface area contributed by atoms with Crippen molar-refractivity contribution in [2.75, 3.05) is 25.1 Å². The molecule has 1 fully saturated rings. The number of hydrogen-bond acceptors (Lipinski definition) is 6. The number of carbonyl (C=O) groups is 1. The molecule has 1 saturated heterocycles. The van der Waals surface area contributed by atoms with Gasteiger partial charge in [-0.1, -0.05) is 0 Å². The molecule has 128 valence electrons. The highest BCUT2D eigenvalue weighted by molar-refractivity contribution is 9.10. The zero-order valence-electron chi connectivity index (χ0n) is 13.6. The number of hydrogen-bond donors (Lipinski definition) is 1. The molecule has 1 amide bonds. The van der Waals surface area contributed by atoms with Gasteiger partial charge in [-0.05, 0) is 28.8 Å². The molecule has 1 aliphatic heterocycles. The summed E-state index contributed by atoms with van der Waals surface area (Å²) in [6.45, 7) is 1.51. The highest BCUT2D eigenvalue weighted by Gasteiger charge is 2.24. The van der Waals surface area contributed by atoms with Crippen molar-refractivity contribution in [3.63, 3.8) is 0 Å². The second-order valence-electron chi connectivity index (χ2n) is 5.68. The summed E-state index contributed by atoms with van der Waals surface area (Å²) in [6.07, 6.45) is 6.74. The van der Waals surface area contributed by atoms with Crippen LogP contribution in [0.3, 0.4) is 0 Å². The van der Waals surface area contributed by atoms with Gasteiger partial charge in [0.25, 0.3) is 5.91 Å². The maximum Gasteiger partial charge on any atom is 0.269 e. The summed E-state index contributed by atoms with van der Waals surface area (Å²) in [5, 5.41) is 3.06. The molecule has 2 aromatic heterocycles. The van der Waals surface area contributed by atoms with Gasteiger partial charge in [0.05, 0.1) is 30.3 Å². The van der Waals surface area contributed by atoms with Gasteiger partial charge in [-0.25, -0.2) is 9.97 Å². The fraction of sp³-hybridized carbons (Fsp3) is 0.467. The number of ether oxygens (including phenoxy) is 1. The number of aryl methyl sites for hydroxylation is 1. The first kappa shape index (κ1) is 16.7. The molecule has 1 N–H and O–H groups in total. The van der Waals surface area contributed by atoms with E-state index in [1.165, 1.54) is 0 Å². The van der Waals surface area contributed by atoms with Gasteiger partial charge in [0.15, 0.2) is 0 Å². The van der Waals surface area contributed by atoms with Crippen molar-refractivity contribution >= 4 is 27.8 Å². The molecule has 8 nitrogen and oxygen atoms in total. The predicted molar refractivity (Wildman–Crippen MR) is 92.2 cm³/mol. The molecule has 0 radical (unpaired) electrons. The second-order valence-corrected chi connectivity index (χ2v) is 6.53. The normalized spacial score (nSPS) is 17.6. The largest absolute Gasteiger partial charge is 0.480 e. The van der Waals surface area contributed by atoms with Gasteiger partial charge < -0.3 is 19.5 Å². The van der Waals surface area contributed by atoms with Gasteiger partial charge in [0.1, 0.15) is 5.69 Å². The van der Waals surface area contributed by atoms with E-state index in [1.807, 2.05) is 0 Å². The Morgan fingerprint density at radius 2 is 2.29 bits per heavy atom. The molecule has 0 bridgehead atoms. The first-order chi connectivity index (χ1) is 11.6. The highest BCUT2D eigenvalue weighted by atomic mass is 79.9. The van der Waals surface area contributed by atoms with Crippen LogP contribution in [0.15, 0.2) is 23.2 Å². The molecular weight excluding hydrogens is 376 g/mol. The molecule has 1 aliphatic rings. The van der Waals surface area contributed by atoms with Crippen LogP contribution in [0.1, 0.15) is 23.3 Å². The first-order valence-electron chi connectivity index (χ1n) is 7.67. The minimum Gasteiger partial charge on any atom is -0.480 e. The van der Waals surface area contributed by atoms with Crippen LogP contribution >= 0.6 is 15.9 Å². The fourth-order valence-electron chi connectivity index (χ4n) is 2.75. The molecule has 3 rings (SSSR count). The number of anilines is 1. The van der Waals surface area contributed by atoms with E-state index in [2.05, 4.69) is 41.1 Å². The molecule has 1 atom stereocenters. The third-order valence-corrected chi connectivity index (χ3v) is 4.53. The number of carbonyl (C=O) groups excluding carboxylic acids is 1. The summed E-state index contributed by atoms with van der Waals surface area (Å²) in [5.41, 5.74) is 0.550. The molecule has 2 aromatic rings. The Bertz CT molecular complexity index is 735. The summed E-state index contributed by atoms with van der Waals surface area (Å²) in [6, 6.07) is 0.0411. The topological polar surface area (TPSA) is 85.2 Å². The average Bonchev–Trinajstić information content (AvgIpc) is 3.01. The van der Waals surface area contributed by atoms with Crippen LogP contribution in [-0.4, -0.2) is 51.7 Å². The molecular formula is C15H19BrN6O2. The monoisotopic (exact) mass is 394 g/mol. The zero-order chi connectivity index (χ0) is 17.1. The lowest BCUT2D eigenvalue weighted by molar-refractivity contribution is 0.0924. The van der Waals surface area contributed by atoms with E-state index in [-0.39, 0.29) is 11.9 Å². The number of nitrogens with zero attached hydrogens (tertiary/aromatic N) is 5. The van der Waals surface area contributed by atoms with Gasteiger partial charge in [-0.3, -0.25) is 4.79 Å². The maximum atomic E-state index is 12.3. The predicted octanol–water partition coefficient (Wildman–Crippen LogP) is 1.38. The van der Waals surface area contributed by atoms with E-state index in [0.717, 1.165) is 19.4 Å². The van der Waals surface area contributed by atoms with Crippen LogP contribution in [0.5, 0.6) is 5.88 Å². The molecule has 24 heavy (non-hydrogen) atoms. The summed E-state index contributed by atoms with van der Waals surface area (Å²) in [4.78, 5) is 27.1. The maximum absolute atomic E-state index is 12.3. The van der Waals surface area contributed by atoms with E-state index in [4.69, 9.17) is 4.74 Å². The number of halogens is 1. The number of amides is 1. The molecule has 0 spiro atoms. The minimum absolute atomic E-state index is 0.0411. The number of rotatable bonds is 4. The number of aromatic nitrogens is 4. The Hall–Kier alpha value is -2.16. The molecule has 1 unspecified atom stereocenters. The van der Waals surface area contributed by atoms with Gasteiger partial charge in [0.2, 0.25) is 11.8 Å². The molecule has 3 heterocycles. The number of nitrogens with one attached hydrogen (secondary N) is 1. The van der Waals surface area contributed by atoms with Crippen molar-refractivity contribution in [2.45, 2.75) is 18.9 Å². The van der Waals surface area contributed by atoms with Crippen LogP contribution < -0.4 is 15.0 Å². The van der Waals surface area contributed by atoms with Gasteiger partial charge in [-0.2, -0.15) is 4.98 Å². The van der Waals surface area contributed by atoms with Crippen molar-refractivity contribution < 1.29 is 9.53 Å². The van der Waals surface area contributed by atoms with Crippen molar-refractivity contribution in [3.8, 4) is 5.88 Å². The lowest BCUT2D eigenvalue weighted by Crippen LogP contribution is -2.48. The first-order valence-corrected chi connectivity index (χ1v) is 8.46. The Morgan fingerprint density at radius 3 is 3.00 bits per heavy atom. The van der Waals surface area contributed by atoms with Crippen LogP contribution in [0.4, 0.5) is 5.95 Å². The van der Waals surface area contributed by atoms with Gasteiger partial charge >= 0.3 is 0 Å². The second kappa shape index (κ2) is 7.16.